The quantitative estimate of drug-likeness (QED) is 0.649. The van der Waals surface area contributed by atoms with Crippen LogP contribution in [0.1, 0.15) is 19.8 Å². The molecule has 31 heavy (non-hydrogen) atoms. The predicted octanol–water partition coefficient (Wildman–Crippen LogP) is 2.58. The number of hydrogen-bond donors (Lipinski definition) is 0. The van der Waals surface area contributed by atoms with Crippen LogP contribution in [0.25, 0.3) is 0 Å². The van der Waals surface area contributed by atoms with Crippen molar-refractivity contribution >= 4 is 44.8 Å². The van der Waals surface area contributed by atoms with Crippen molar-refractivity contribution in [1.29, 1.82) is 0 Å². The summed E-state index contributed by atoms with van der Waals surface area (Å²) in [5, 5.41) is 0. The van der Waals surface area contributed by atoms with Crippen molar-refractivity contribution in [2.75, 3.05) is 44.2 Å². The molecule has 168 valence electrons. The van der Waals surface area contributed by atoms with E-state index in [9.17, 15) is 13.2 Å². The third-order valence-electron chi connectivity index (χ3n) is 6.16. The maximum atomic E-state index is 13.1. The van der Waals surface area contributed by atoms with E-state index in [0.717, 1.165) is 11.3 Å². The normalized spacial score (nSPS) is 20.1. The van der Waals surface area contributed by atoms with Crippen LogP contribution in [0.4, 0.5) is 5.95 Å². The van der Waals surface area contributed by atoms with E-state index in [1.807, 2.05) is 11.8 Å². The summed E-state index contributed by atoms with van der Waals surface area (Å²) in [6.45, 7) is 5.55. The van der Waals surface area contributed by atoms with Gasteiger partial charge in [-0.15, -0.1) is 11.3 Å². The average molecular weight is 484 g/mol. The molecule has 2 aliphatic rings. The topological polar surface area (TPSA) is 86.7 Å². The van der Waals surface area contributed by atoms with Crippen LogP contribution >= 0.6 is 22.9 Å². The molecule has 0 bridgehead atoms. The zero-order valence-electron chi connectivity index (χ0n) is 17.4. The second-order valence-corrected chi connectivity index (χ2v) is 11.8. The van der Waals surface area contributed by atoms with Gasteiger partial charge >= 0.3 is 0 Å². The van der Waals surface area contributed by atoms with Crippen LogP contribution in [-0.2, 0) is 14.8 Å². The van der Waals surface area contributed by atoms with Gasteiger partial charge in [-0.2, -0.15) is 4.31 Å². The van der Waals surface area contributed by atoms with Crippen LogP contribution in [0.5, 0.6) is 0 Å². The molecule has 1 atom stereocenters. The van der Waals surface area contributed by atoms with Gasteiger partial charge < -0.3 is 9.80 Å². The number of rotatable bonds is 5. The predicted molar refractivity (Wildman–Crippen MR) is 121 cm³/mol. The maximum absolute atomic E-state index is 13.1. The molecule has 2 fully saturated rings. The molecule has 0 spiro atoms. The SMILES string of the molecule is C[C@@H](C(=O)N1CCN(c2ncccn2)CC1)C1CCN(S(=O)(=O)c2ccc(Cl)s2)CC1. The standard InChI is InChI=1S/C20H26ClN5O3S2/c1-15(19(27)24-11-13-25(14-12-24)20-22-7-2-8-23-20)16-5-9-26(10-6-16)31(28,29)18-4-3-17(21)30-18/h2-4,7-8,15-16H,5-6,9-14H2,1H3/t15-/m1/s1. The van der Waals surface area contributed by atoms with Crippen LogP contribution in [0, 0.1) is 11.8 Å². The lowest BCUT2D eigenvalue weighted by molar-refractivity contribution is -0.137. The first-order chi connectivity index (χ1) is 14.9. The summed E-state index contributed by atoms with van der Waals surface area (Å²) in [5.74, 6) is 0.908. The Labute approximate surface area is 191 Å². The van der Waals surface area contributed by atoms with E-state index in [2.05, 4.69) is 14.9 Å². The molecule has 0 N–H and O–H groups in total. The Bertz CT molecular complexity index is 1000. The Hall–Kier alpha value is -1.75. The summed E-state index contributed by atoms with van der Waals surface area (Å²) < 4.78 is 27.8. The number of halogens is 1. The smallest absolute Gasteiger partial charge is 0.252 e. The number of piperazine rings is 1. The van der Waals surface area contributed by atoms with Crippen LogP contribution in [0.2, 0.25) is 4.34 Å². The Kier molecular flexibility index (Phi) is 6.80. The van der Waals surface area contributed by atoms with Crippen molar-refractivity contribution in [3.8, 4) is 0 Å². The van der Waals surface area contributed by atoms with Gasteiger partial charge in [0.05, 0.1) is 4.34 Å². The highest BCUT2D eigenvalue weighted by atomic mass is 35.5. The summed E-state index contributed by atoms with van der Waals surface area (Å²) in [6.07, 6.45) is 4.81. The first kappa shape index (κ1) is 22.4. The molecular formula is C20H26ClN5O3S2. The van der Waals surface area contributed by atoms with Crippen molar-refractivity contribution in [3.05, 3.63) is 34.9 Å². The lowest BCUT2D eigenvalue weighted by Crippen LogP contribution is -2.52. The minimum absolute atomic E-state index is 0.124. The highest BCUT2D eigenvalue weighted by molar-refractivity contribution is 7.91. The first-order valence-corrected chi connectivity index (χ1v) is 13.1. The van der Waals surface area contributed by atoms with E-state index in [0.29, 0.717) is 62.4 Å². The summed E-state index contributed by atoms with van der Waals surface area (Å²) >= 11 is 6.99. The van der Waals surface area contributed by atoms with Gasteiger partial charge in [0, 0.05) is 57.6 Å². The van der Waals surface area contributed by atoms with E-state index in [-0.39, 0.29) is 22.0 Å². The fourth-order valence-electron chi connectivity index (χ4n) is 4.25. The molecule has 0 saturated carbocycles. The van der Waals surface area contributed by atoms with Gasteiger partial charge in [-0.25, -0.2) is 18.4 Å². The molecule has 2 saturated heterocycles. The number of carbonyl (C=O) groups is 1. The molecule has 0 unspecified atom stereocenters. The monoisotopic (exact) mass is 483 g/mol. The number of anilines is 1. The Balaban J connectivity index is 1.30. The highest BCUT2D eigenvalue weighted by Gasteiger charge is 2.36. The number of carbonyl (C=O) groups excluding carboxylic acids is 1. The average Bonchev–Trinajstić information content (AvgIpc) is 3.26. The summed E-state index contributed by atoms with van der Waals surface area (Å²) in [4.78, 5) is 25.6. The summed E-state index contributed by atoms with van der Waals surface area (Å²) in [6, 6.07) is 4.95. The lowest BCUT2D eigenvalue weighted by atomic mass is 9.85. The number of piperidine rings is 1. The van der Waals surface area contributed by atoms with Crippen molar-refractivity contribution in [1.82, 2.24) is 19.2 Å². The molecule has 8 nitrogen and oxygen atoms in total. The second kappa shape index (κ2) is 9.40. The van der Waals surface area contributed by atoms with Gasteiger partial charge in [-0.1, -0.05) is 18.5 Å². The number of aromatic nitrogens is 2. The van der Waals surface area contributed by atoms with Crippen molar-refractivity contribution in [2.45, 2.75) is 24.0 Å². The van der Waals surface area contributed by atoms with Crippen LogP contribution < -0.4 is 4.90 Å². The van der Waals surface area contributed by atoms with Crippen molar-refractivity contribution < 1.29 is 13.2 Å². The minimum atomic E-state index is -3.51. The second-order valence-electron chi connectivity index (χ2n) is 7.95. The first-order valence-electron chi connectivity index (χ1n) is 10.4. The molecule has 2 aromatic heterocycles. The number of nitrogens with zero attached hydrogens (tertiary/aromatic N) is 5. The molecule has 0 radical (unpaired) electrons. The van der Waals surface area contributed by atoms with Gasteiger partial charge in [-0.05, 0) is 37.0 Å². The molecule has 0 aliphatic carbocycles. The minimum Gasteiger partial charge on any atom is -0.339 e. The number of amides is 1. The van der Waals surface area contributed by atoms with Gasteiger partial charge in [0.2, 0.25) is 11.9 Å². The molecule has 4 rings (SSSR count). The third kappa shape index (κ3) is 4.87. The van der Waals surface area contributed by atoms with Crippen LogP contribution in [-0.4, -0.2) is 72.8 Å². The molecule has 0 aromatic carbocycles. The van der Waals surface area contributed by atoms with Gasteiger partial charge in [0.25, 0.3) is 10.0 Å². The summed E-state index contributed by atoms with van der Waals surface area (Å²) in [5.41, 5.74) is 0. The van der Waals surface area contributed by atoms with Gasteiger partial charge in [-0.3, -0.25) is 4.79 Å². The molecule has 1 amide bonds. The summed E-state index contributed by atoms with van der Waals surface area (Å²) in [7, 11) is -3.51. The van der Waals surface area contributed by atoms with E-state index < -0.39 is 10.0 Å². The van der Waals surface area contributed by atoms with Crippen molar-refractivity contribution in [3.63, 3.8) is 0 Å². The molecular weight excluding hydrogens is 458 g/mol. The number of hydrogen-bond acceptors (Lipinski definition) is 7. The highest BCUT2D eigenvalue weighted by Crippen LogP contribution is 2.33. The Morgan fingerprint density at radius 3 is 2.32 bits per heavy atom. The van der Waals surface area contributed by atoms with Crippen molar-refractivity contribution in [2.24, 2.45) is 11.8 Å². The van der Waals surface area contributed by atoms with E-state index >= 15 is 0 Å². The van der Waals surface area contributed by atoms with E-state index in [1.54, 1.807) is 30.6 Å². The van der Waals surface area contributed by atoms with Gasteiger partial charge in [0.1, 0.15) is 4.21 Å². The van der Waals surface area contributed by atoms with Crippen LogP contribution in [0.3, 0.4) is 0 Å². The Morgan fingerprint density at radius 1 is 1.10 bits per heavy atom. The molecule has 4 heterocycles. The van der Waals surface area contributed by atoms with Crippen LogP contribution in [0.15, 0.2) is 34.8 Å². The zero-order chi connectivity index (χ0) is 22.0. The maximum Gasteiger partial charge on any atom is 0.252 e. The molecule has 2 aromatic rings. The zero-order valence-corrected chi connectivity index (χ0v) is 19.7. The number of sulfonamides is 1. The third-order valence-corrected chi connectivity index (χ3v) is 9.76. The Morgan fingerprint density at radius 2 is 1.74 bits per heavy atom. The fraction of sp³-hybridized carbons (Fsp3) is 0.550. The number of thiophene rings is 1. The fourth-order valence-corrected chi connectivity index (χ4v) is 7.36. The van der Waals surface area contributed by atoms with E-state index in [1.165, 1.54) is 4.31 Å². The lowest BCUT2D eigenvalue weighted by Gasteiger charge is -2.38. The van der Waals surface area contributed by atoms with Gasteiger partial charge in [0.15, 0.2) is 0 Å². The largest absolute Gasteiger partial charge is 0.339 e. The molecule has 11 heteroatoms. The van der Waals surface area contributed by atoms with E-state index in [4.69, 9.17) is 11.6 Å². The molecule has 2 aliphatic heterocycles.